The Bertz CT molecular complexity index is 407. The Labute approximate surface area is 114 Å². The number of hydrogen-bond donors (Lipinski definition) is 1. The van der Waals surface area contributed by atoms with Crippen molar-refractivity contribution < 1.29 is 14.6 Å². The van der Waals surface area contributed by atoms with Crippen LogP contribution in [-0.2, 0) is 9.53 Å². The highest BCUT2D eigenvalue weighted by Crippen LogP contribution is 2.25. The zero-order valence-electron chi connectivity index (χ0n) is 11.3. The van der Waals surface area contributed by atoms with E-state index in [-0.39, 0.29) is 18.6 Å². The number of carboxylic acids is 1. The average Bonchev–Trinajstić information content (AvgIpc) is 2.39. The molecular formula is C15H21NO3. The fourth-order valence-electron chi connectivity index (χ4n) is 2.53. The van der Waals surface area contributed by atoms with Crippen LogP contribution in [0.2, 0.25) is 0 Å². The molecule has 4 nitrogen and oxygen atoms in total. The molecule has 2 atom stereocenters. The second-order valence-electron chi connectivity index (χ2n) is 5.10. The number of nitrogens with zero attached hydrogens (tertiary/aromatic N) is 1. The Morgan fingerprint density at radius 3 is 2.79 bits per heavy atom. The Morgan fingerprint density at radius 2 is 2.11 bits per heavy atom. The van der Waals surface area contributed by atoms with Crippen LogP contribution in [-0.4, -0.2) is 41.7 Å². The first-order valence-corrected chi connectivity index (χ1v) is 6.79. The van der Waals surface area contributed by atoms with E-state index in [2.05, 4.69) is 24.0 Å². The number of benzene rings is 1. The Morgan fingerprint density at radius 1 is 1.37 bits per heavy atom. The van der Waals surface area contributed by atoms with Crippen molar-refractivity contribution in [1.29, 1.82) is 0 Å². The van der Waals surface area contributed by atoms with Crippen molar-refractivity contribution in [3.63, 3.8) is 0 Å². The fourth-order valence-corrected chi connectivity index (χ4v) is 2.53. The van der Waals surface area contributed by atoms with E-state index in [0.29, 0.717) is 6.42 Å². The smallest absolute Gasteiger partial charge is 0.303 e. The van der Waals surface area contributed by atoms with Crippen LogP contribution in [0.3, 0.4) is 0 Å². The molecule has 0 aromatic heterocycles. The van der Waals surface area contributed by atoms with Crippen LogP contribution in [0, 0.1) is 0 Å². The lowest BCUT2D eigenvalue weighted by Crippen LogP contribution is -2.43. The summed E-state index contributed by atoms with van der Waals surface area (Å²) in [4.78, 5) is 12.8. The van der Waals surface area contributed by atoms with Gasteiger partial charge in [0.1, 0.15) is 0 Å². The number of aliphatic carboxylic acids is 1. The number of hydrogen-bond acceptors (Lipinski definition) is 3. The Hall–Kier alpha value is -1.39. The molecule has 4 heteroatoms. The van der Waals surface area contributed by atoms with Crippen molar-refractivity contribution in [2.24, 2.45) is 0 Å². The Kier molecular flexibility index (Phi) is 4.93. The van der Waals surface area contributed by atoms with Crippen LogP contribution < -0.4 is 0 Å². The van der Waals surface area contributed by atoms with Gasteiger partial charge in [-0.05, 0) is 25.5 Å². The minimum absolute atomic E-state index is 0.0924. The second-order valence-corrected chi connectivity index (χ2v) is 5.10. The first kappa shape index (κ1) is 14.0. The molecule has 0 saturated carbocycles. The summed E-state index contributed by atoms with van der Waals surface area (Å²) in [7, 11) is 0. The average molecular weight is 263 g/mol. The highest BCUT2D eigenvalue weighted by Gasteiger charge is 2.25. The first-order chi connectivity index (χ1) is 9.15. The molecule has 1 aliphatic heterocycles. The number of carboxylic acid groups (broad SMARTS) is 1. The Balaban J connectivity index is 1.90. The zero-order chi connectivity index (χ0) is 13.7. The molecule has 1 aromatic rings. The zero-order valence-corrected chi connectivity index (χ0v) is 11.3. The molecule has 0 amide bonds. The van der Waals surface area contributed by atoms with Gasteiger partial charge in [0.2, 0.25) is 0 Å². The lowest BCUT2D eigenvalue weighted by molar-refractivity contribution is -0.137. The maximum atomic E-state index is 10.5. The van der Waals surface area contributed by atoms with Crippen molar-refractivity contribution in [3.05, 3.63) is 35.9 Å². The molecule has 1 aromatic carbocycles. The monoisotopic (exact) mass is 263 g/mol. The van der Waals surface area contributed by atoms with Crippen LogP contribution in [0.15, 0.2) is 30.3 Å². The van der Waals surface area contributed by atoms with Gasteiger partial charge in [-0.3, -0.25) is 9.69 Å². The topological polar surface area (TPSA) is 49.8 Å². The molecule has 0 bridgehead atoms. The molecule has 2 rings (SSSR count). The third-order valence-corrected chi connectivity index (χ3v) is 3.37. The van der Waals surface area contributed by atoms with Crippen molar-refractivity contribution in [2.75, 3.05) is 19.6 Å². The van der Waals surface area contributed by atoms with E-state index in [1.807, 2.05) is 18.2 Å². The lowest BCUT2D eigenvalue weighted by Gasteiger charge is -2.37. The summed E-state index contributed by atoms with van der Waals surface area (Å²) in [5, 5.41) is 8.68. The molecule has 0 unspecified atom stereocenters. The number of morpholine rings is 1. The third kappa shape index (κ3) is 4.33. The van der Waals surface area contributed by atoms with Gasteiger partial charge >= 0.3 is 5.97 Å². The fraction of sp³-hybridized carbons (Fsp3) is 0.533. The lowest BCUT2D eigenvalue weighted by atomic mass is 10.1. The predicted octanol–water partition coefficient (Wildman–Crippen LogP) is 2.31. The maximum Gasteiger partial charge on any atom is 0.303 e. The molecule has 19 heavy (non-hydrogen) atoms. The molecule has 1 saturated heterocycles. The standard InChI is InChI=1S/C15H21NO3/c1-12-10-16(9-5-8-15(17)18)11-14(19-12)13-6-3-2-4-7-13/h2-4,6-7,12,14H,5,8-11H2,1H3,(H,17,18)/t12-,14+/m1/s1. The van der Waals surface area contributed by atoms with Crippen LogP contribution >= 0.6 is 0 Å². The third-order valence-electron chi connectivity index (χ3n) is 3.37. The van der Waals surface area contributed by atoms with Crippen LogP contribution in [0.1, 0.15) is 31.4 Å². The van der Waals surface area contributed by atoms with E-state index in [4.69, 9.17) is 9.84 Å². The molecule has 1 N–H and O–H groups in total. The first-order valence-electron chi connectivity index (χ1n) is 6.79. The van der Waals surface area contributed by atoms with Gasteiger partial charge in [-0.25, -0.2) is 0 Å². The summed E-state index contributed by atoms with van der Waals surface area (Å²) in [6, 6.07) is 10.2. The highest BCUT2D eigenvalue weighted by molar-refractivity contribution is 5.66. The van der Waals surface area contributed by atoms with E-state index < -0.39 is 5.97 Å². The van der Waals surface area contributed by atoms with E-state index in [9.17, 15) is 4.79 Å². The van der Waals surface area contributed by atoms with E-state index in [1.54, 1.807) is 0 Å². The van der Waals surface area contributed by atoms with Gasteiger partial charge in [0.15, 0.2) is 0 Å². The summed E-state index contributed by atoms with van der Waals surface area (Å²) in [6.45, 7) is 4.61. The van der Waals surface area contributed by atoms with Crippen molar-refractivity contribution in [2.45, 2.75) is 32.0 Å². The molecule has 0 spiro atoms. The van der Waals surface area contributed by atoms with Crippen molar-refractivity contribution in [1.82, 2.24) is 4.90 Å². The van der Waals surface area contributed by atoms with E-state index in [0.717, 1.165) is 19.6 Å². The summed E-state index contributed by atoms with van der Waals surface area (Å²) in [5.74, 6) is -0.721. The van der Waals surface area contributed by atoms with Gasteiger partial charge in [-0.15, -0.1) is 0 Å². The van der Waals surface area contributed by atoms with Crippen molar-refractivity contribution >= 4 is 5.97 Å². The number of carbonyl (C=O) groups is 1. The van der Waals surface area contributed by atoms with Gasteiger partial charge in [0, 0.05) is 19.5 Å². The molecule has 104 valence electrons. The highest BCUT2D eigenvalue weighted by atomic mass is 16.5. The molecule has 1 fully saturated rings. The minimum Gasteiger partial charge on any atom is -0.481 e. The largest absolute Gasteiger partial charge is 0.481 e. The number of ether oxygens (including phenoxy) is 1. The normalized spacial score (nSPS) is 24.3. The van der Waals surface area contributed by atoms with Crippen LogP contribution in [0.4, 0.5) is 0 Å². The molecule has 0 radical (unpaired) electrons. The minimum atomic E-state index is -0.721. The summed E-state index contributed by atoms with van der Waals surface area (Å²) >= 11 is 0. The SMILES string of the molecule is C[C@@H]1CN(CCCC(=O)O)C[C@@H](c2ccccc2)O1. The summed E-state index contributed by atoms with van der Waals surface area (Å²) < 4.78 is 5.97. The quantitative estimate of drug-likeness (QED) is 0.885. The van der Waals surface area contributed by atoms with E-state index >= 15 is 0 Å². The van der Waals surface area contributed by atoms with Crippen molar-refractivity contribution in [3.8, 4) is 0 Å². The molecular weight excluding hydrogens is 242 g/mol. The number of rotatable bonds is 5. The van der Waals surface area contributed by atoms with Crippen LogP contribution in [0.5, 0.6) is 0 Å². The van der Waals surface area contributed by atoms with Gasteiger partial charge in [-0.1, -0.05) is 30.3 Å². The van der Waals surface area contributed by atoms with Gasteiger partial charge < -0.3 is 9.84 Å². The maximum absolute atomic E-state index is 10.5. The summed E-state index contributed by atoms with van der Waals surface area (Å²) in [6.07, 6.45) is 1.21. The molecule has 1 aliphatic rings. The predicted molar refractivity (Wildman–Crippen MR) is 73.0 cm³/mol. The van der Waals surface area contributed by atoms with Gasteiger partial charge in [0.05, 0.1) is 12.2 Å². The van der Waals surface area contributed by atoms with Gasteiger partial charge in [-0.2, -0.15) is 0 Å². The molecule has 0 aliphatic carbocycles. The molecule has 1 heterocycles. The second kappa shape index (κ2) is 6.68. The van der Waals surface area contributed by atoms with Crippen LogP contribution in [0.25, 0.3) is 0 Å². The van der Waals surface area contributed by atoms with E-state index in [1.165, 1.54) is 5.56 Å². The summed E-state index contributed by atoms with van der Waals surface area (Å²) in [5.41, 5.74) is 1.19. The van der Waals surface area contributed by atoms with Gasteiger partial charge in [0.25, 0.3) is 0 Å².